The van der Waals surface area contributed by atoms with Gasteiger partial charge < -0.3 is 19.7 Å². The minimum atomic E-state index is -0.363. The zero-order valence-corrected chi connectivity index (χ0v) is 18.8. The van der Waals surface area contributed by atoms with Crippen molar-refractivity contribution in [1.82, 2.24) is 10.2 Å². The molecule has 0 saturated carbocycles. The molecule has 1 saturated heterocycles. The molecule has 5 nitrogen and oxygen atoms in total. The van der Waals surface area contributed by atoms with E-state index in [1.165, 1.54) is 24.3 Å². The first-order valence-corrected chi connectivity index (χ1v) is 9.07. The highest BCUT2D eigenvalue weighted by Crippen LogP contribution is 2.25. The predicted octanol–water partition coefficient (Wildman–Crippen LogP) is 3.91. The number of ether oxygens (including phenoxy) is 2. The third-order valence-corrected chi connectivity index (χ3v) is 4.78. The van der Waals surface area contributed by atoms with Crippen LogP contribution in [0.3, 0.4) is 0 Å². The van der Waals surface area contributed by atoms with E-state index in [1.54, 1.807) is 13.1 Å². The summed E-state index contributed by atoms with van der Waals surface area (Å²) in [6, 6.07) is 13.2. The van der Waals surface area contributed by atoms with Gasteiger partial charge in [-0.2, -0.15) is 0 Å². The van der Waals surface area contributed by atoms with Crippen LogP contribution in [0.15, 0.2) is 47.5 Å². The molecule has 1 fully saturated rings. The smallest absolute Gasteiger partial charge is 0.194 e. The molecule has 1 aliphatic heterocycles. The first-order valence-electron chi connectivity index (χ1n) is 9.07. The summed E-state index contributed by atoms with van der Waals surface area (Å²) < 4.78 is 24.8. The van der Waals surface area contributed by atoms with E-state index in [4.69, 9.17) is 9.47 Å². The van der Waals surface area contributed by atoms with E-state index in [0.717, 1.165) is 24.6 Å². The number of hydrogen-bond acceptors (Lipinski definition) is 3. The third kappa shape index (κ3) is 5.35. The first-order chi connectivity index (χ1) is 13.1. The maximum absolute atomic E-state index is 13.9. The van der Waals surface area contributed by atoms with Crippen LogP contribution in [0.4, 0.5) is 4.39 Å². The Hall–Kier alpha value is -1.87. The maximum atomic E-state index is 13.9. The molecular formula is C21H27FIN3O2. The van der Waals surface area contributed by atoms with Crippen molar-refractivity contribution < 1.29 is 13.9 Å². The molecule has 152 valence electrons. The van der Waals surface area contributed by atoms with Crippen molar-refractivity contribution in [3.63, 3.8) is 0 Å². The molecule has 1 N–H and O–H groups in total. The number of rotatable bonds is 4. The predicted molar refractivity (Wildman–Crippen MR) is 120 cm³/mol. The summed E-state index contributed by atoms with van der Waals surface area (Å²) in [7, 11) is 3.22. The van der Waals surface area contributed by atoms with Crippen LogP contribution in [0.25, 0.3) is 0 Å². The van der Waals surface area contributed by atoms with Crippen LogP contribution in [-0.4, -0.2) is 44.7 Å². The summed E-state index contributed by atoms with van der Waals surface area (Å²) in [6.45, 7) is 4.71. The number of guanidine groups is 1. The Morgan fingerprint density at radius 3 is 2.79 bits per heavy atom. The number of benzene rings is 2. The van der Waals surface area contributed by atoms with Gasteiger partial charge in [0.2, 0.25) is 0 Å². The molecular weight excluding hydrogens is 472 g/mol. The van der Waals surface area contributed by atoms with Gasteiger partial charge in [-0.15, -0.1) is 24.0 Å². The molecule has 3 rings (SSSR count). The quantitative estimate of drug-likeness (QED) is 0.394. The minimum absolute atomic E-state index is 0. The van der Waals surface area contributed by atoms with Crippen molar-refractivity contribution in [2.75, 3.05) is 33.9 Å². The molecule has 0 aliphatic carbocycles. The van der Waals surface area contributed by atoms with Gasteiger partial charge in [0, 0.05) is 20.1 Å². The van der Waals surface area contributed by atoms with Gasteiger partial charge in [0.25, 0.3) is 0 Å². The van der Waals surface area contributed by atoms with E-state index in [0.29, 0.717) is 13.2 Å². The maximum Gasteiger partial charge on any atom is 0.194 e. The highest BCUT2D eigenvalue weighted by atomic mass is 127. The van der Waals surface area contributed by atoms with Crippen LogP contribution in [0.5, 0.6) is 5.75 Å². The van der Waals surface area contributed by atoms with Crippen LogP contribution in [0, 0.1) is 12.7 Å². The van der Waals surface area contributed by atoms with Crippen LogP contribution in [0.1, 0.15) is 22.8 Å². The Balaban J connectivity index is 0.00000280. The Bertz CT molecular complexity index is 816. The lowest BCUT2D eigenvalue weighted by Crippen LogP contribution is -2.48. The fourth-order valence-corrected chi connectivity index (χ4v) is 3.31. The summed E-state index contributed by atoms with van der Waals surface area (Å²) in [5, 5.41) is 3.32. The van der Waals surface area contributed by atoms with E-state index in [2.05, 4.69) is 34.3 Å². The van der Waals surface area contributed by atoms with Gasteiger partial charge in [-0.25, -0.2) is 4.39 Å². The molecule has 2 aromatic carbocycles. The molecule has 1 atom stereocenters. The number of morpholine rings is 1. The van der Waals surface area contributed by atoms with E-state index in [-0.39, 0.29) is 41.6 Å². The Labute approximate surface area is 183 Å². The molecule has 2 aromatic rings. The standard InChI is InChI=1S/C21H26FN3O2.HI/c1-15-6-4-5-7-17(15)20-14-25(10-11-27-20)21(23-2)24-13-16-8-9-19(26-3)18(22)12-16;/h4-9,12,20H,10-11,13-14H2,1-3H3,(H,23,24);1H. The molecule has 7 heteroatoms. The van der Waals surface area contributed by atoms with Crippen molar-refractivity contribution in [3.8, 4) is 5.75 Å². The van der Waals surface area contributed by atoms with Crippen molar-refractivity contribution in [2.45, 2.75) is 19.6 Å². The van der Waals surface area contributed by atoms with Crippen LogP contribution in [0.2, 0.25) is 0 Å². The zero-order chi connectivity index (χ0) is 19.2. The number of aliphatic imine (C=N–C) groups is 1. The number of hydrogen-bond donors (Lipinski definition) is 1. The third-order valence-electron chi connectivity index (χ3n) is 4.78. The fourth-order valence-electron chi connectivity index (χ4n) is 3.31. The number of halogens is 2. The number of methoxy groups -OCH3 is 1. The average molecular weight is 499 g/mol. The van der Waals surface area contributed by atoms with Crippen LogP contribution < -0.4 is 10.1 Å². The monoisotopic (exact) mass is 499 g/mol. The summed E-state index contributed by atoms with van der Waals surface area (Å²) in [6.07, 6.45) is 0.0110. The lowest BCUT2D eigenvalue weighted by molar-refractivity contribution is -0.00833. The van der Waals surface area contributed by atoms with Gasteiger partial charge in [-0.3, -0.25) is 4.99 Å². The zero-order valence-electron chi connectivity index (χ0n) is 16.4. The van der Waals surface area contributed by atoms with E-state index < -0.39 is 0 Å². The highest BCUT2D eigenvalue weighted by molar-refractivity contribution is 14.0. The minimum Gasteiger partial charge on any atom is -0.494 e. The average Bonchev–Trinajstić information content (AvgIpc) is 2.69. The fraction of sp³-hybridized carbons (Fsp3) is 0.381. The first kappa shape index (κ1) is 22.4. The molecule has 1 unspecified atom stereocenters. The SMILES string of the molecule is CN=C(NCc1ccc(OC)c(F)c1)N1CCOC(c2ccccc2C)C1.I. The van der Waals surface area contributed by atoms with Gasteiger partial charge >= 0.3 is 0 Å². The van der Waals surface area contributed by atoms with Gasteiger partial charge in [0.15, 0.2) is 17.5 Å². The molecule has 0 aromatic heterocycles. The lowest BCUT2D eigenvalue weighted by atomic mass is 10.0. The number of nitrogens with one attached hydrogen (secondary N) is 1. The topological polar surface area (TPSA) is 46.1 Å². The van der Waals surface area contributed by atoms with Crippen LogP contribution >= 0.6 is 24.0 Å². The van der Waals surface area contributed by atoms with Gasteiger partial charge in [-0.1, -0.05) is 30.3 Å². The molecule has 0 amide bonds. The van der Waals surface area contributed by atoms with Crippen molar-refractivity contribution in [3.05, 3.63) is 65.0 Å². The van der Waals surface area contributed by atoms with Gasteiger partial charge in [0.05, 0.1) is 20.3 Å². The van der Waals surface area contributed by atoms with Gasteiger partial charge in [-0.05, 0) is 35.7 Å². The van der Waals surface area contributed by atoms with Crippen molar-refractivity contribution >= 4 is 29.9 Å². The highest BCUT2D eigenvalue weighted by Gasteiger charge is 2.25. The van der Waals surface area contributed by atoms with E-state index in [1.807, 2.05) is 18.2 Å². The number of nitrogens with zero attached hydrogens (tertiary/aromatic N) is 2. The van der Waals surface area contributed by atoms with E-state index in [9.17, 15) is 4.39 Å². The molecule has 1 aliphatic rings. The summed E-state index contributed by atoms with van der Waals surface area (Å²) in [5.41, 5.74) is 3.26. The van der Waals surface area contributed by atoms with E-state index >= 15 is 0 Å². The number of aryl methyl sites for hydroxylation is 1. The summed E-state index contributed by atoms with van der Waals surface area (Å²) in [4.78, 5) is 6.57. The lowest BCUT2D eigenvalue weighted by Gasteiger charge is -2.35. The molecule has 1 heterocycles. The molecule has 0 radical (unpaired) electrons. The van der Waals surface area contributed by atoms with Crippen molar-refractivity contribution in [1.29, 1.82) is 0 Å². The normalized spacial score (nSPS) is 17.1. The van der Waals surface area contributed by atoms with Crippen molar-refractivity contribution in [2.24, 2.45) is 4.99 Å². The second kappa shape index (κ2) is 10.6. The summed E-state index contributed by atoms with van der Waals surface area (Å²) >= 11 is 0. The molecule has 28 heavy (non-hydrogen) atoms. The largest absolute Gasteiger partial charge is 0.494 e. The molecule has 0 bridgehead atoms. The summed E-state index contributed by atoms with van der Waals surface area (Å²) in [5.74, 6) is 0.670. The van der Waals surface area contributed by atoms with Crippen LogP contribution in [-0.2, 0) is 11.3 Å². The Morgan fingerprint density at radius 1 is 1.32 bits per heavy atom. The Kier molecular flexibility index (Phi) is 8.50. The van der Waals surface area contributed by atoms with Gasteiger partial charge in [0.1, 0.15) is 6.10 Å². The second-order valence-corrected chi connectivity index (χ2v) is 6.53. The second-order valence-electron chi connectivity index (χ2n) is 6.53. The molecule has 0 spiro atoms. The Morgan fingerprint density at radius 2 is 2.11 bits per heavy atom.